The van der Waals surface area contributed by atoms with E-state index in [0.717, 1.165) is 28.1 Å². The molecule has 0 radical (unpaired) electrons. The van der Waals surface area contributed by atoms with Crippen molar-refractivity contribution in [1.82, 2.24) is 0 Å². The molecule has 23 heavy (non-hydrogen) atoms. The lowest BCUT2D eigenvalue weighted by Gasteiger charge is -2.16. The molecule has 0 spiro atoms. The Hall–Kier alpha value is -2.49. The van der Waals surface area contributed by atoms with Crippen LogP contribution >= 0.6 is 0 Å². The molecule has 2 aromatic carbocycles. The zero-order valence-electron chi connectivity index (χ0n) is 13.7. The highest BCUT2D eigenvalue weighted by Gasteiger charge is 2.32. The summed E-state index contributed by atoms with van der Waals surface area (Å²) in [7, 11) is 1.63. The number of ether oxygens (including phenoxy) is 2. The molecule has 2 aromatic rings. The topological polar surface area (TPSA) is 47.6 Å². The molecule has 0 saturated heterocycles. The molecule has 1 N–H and O–H groups in total. The minimum Gasteiger partial charge on any atom is -0.493 e. The number of anilines is 1. The van der Waals surface area contributed by atoms with Gasteiger partial charge in [0.15, 0.2) is 11.5 Å². The lowest BCUT2D eigenvalue weighted by atomic mass is 9.92. The lowest BCUT2D eigenvalue weighted by Crippen LogP contribution is -2.15. The van der Waals surface area contributed by atoms with E-state index in [9.17, 15) is 4.79 Å². The van der Waals surface area contributed by atoms with Crippen LogP contribution in [0, 0.1) is 6.92 Å². The molecular formula is C19H21NO3. The third-order valence-electron chi connectivity index (χ3n) is 4.23. The maximum atomic E-state index is 12.4. The molecule has 0 aromatic heterocycles. The molecule has 0 bridgehead atoms. The van der Waals surface area contributed by atoms with Crippen LogP contribution in [0.3, 0.4) is 0 Å². The largest absolute Gasteiger partial charge is 0.493 e. The number of para-hydroxylation sites is 2. The summed E-state index contributed by atoms with van der Waals surface area (Å²) < 4.78 is 11.2. The Labute approximate surface area is 136 Å². The SMILES string of the molecule is CCOc1cccc(C[C@H]2C(=O)Nc3c(C)cccc32)c1OC. The molecule has 120 valence electrons. The monoisotopic (exact) mass is 311 g/mol. The number of aryl methyl sites for hydroxylation is 1. The summed E-state index contributed by atoms with van der Waals surface area (Å²) in [5.74, 6) is 1.27. The van der Waals surface area contributed by atoms with E-state index in [1.807, 2.05) is 50.2 Å². The van der Waals surface area contributed by atoms with Gasteiger partial charge in [0.05, 0.1) is 19.6 Å². The van der Waals surface area contributed by atoms with Crippen LogP contribution in [0.25, 0.3) is 0 Å². The molecule has 1 amide bonds. The summed E-state index contributed by atoms with van der Waals surface area (Å²) in [6.07, 6.45) is 0.590. The summed E-state index contributed by atoms with van der Waals surface area (Å²) in [6, 6.07) is 11.8. The van der Waals surface area contributed by atoms with Crippen molar-refractivity contribution in [3.8, 4) is 11.5 Å². The van der Waals surface area contributed by atoms with Gasteiger partial charge in [0.2, 0.25) is 5.91 Å². The predicted octanol–water partition coefficient (Wildman–Crippen LogP) is 3.68. The first kappa shape index (κ1) is 15.4. The fourth-order valence-corrected chi connectivity index (χ4v) is 3.15. The van der Waals surface area contributed by atoms with Gasteiger partial charge in [0, 0.05) is 5.69 Å². The highest BCUT2D eigenvalue weighted by atomic mass is 16.5. The van der Waals surface area contributed by atoms with Crippen LogP contribution in [0.2, 0.25) is 0 Å². The molecule has 0 unspecified atom stereocenters. The summed E-state index contributed by atoms with van der Waals surface area (Å²) in [5.41, 5.74) is 4.07. The van der Waals surface area contributed by atoms with Crippen molar-refractivity contribution in [2.24, 2.45) is 0 Å². The van der Waals surface area contributed by atoms with Gasteiger partial charge in [-0.3, -0.25) is 4.79 Å². The van der Waals surface area contributed by atoms with Crippen molar-refractivity contribution in [3.63, 3.8) is 0 Å². The minimum absolute atomic E-state index is 0.0400. The first-order valence-electron chi connectivity index (χ1n) is 7.84. The van der Waals surface area contributed by atoms with Crippen LogP contribution in [-0.4, -0.2) is 19.6 Å². The molecule has 3 rings (SSSR count). The summed E-state index contributed by atoms with van der Waals surface area (Å²) in [5, 5.41) is 3.00. The van der Waals surface area contributed by atoms with Crippen LogP contribution in [0.15, 0.2) is 36.4 Å². The molecule has 1 heterocycles. The van der Waals surface area contributed by atoms with Gasteiger partial charge in [-0.25, -0.2) is 0 Å². The Morgan fingerprint density at radius 3 is 2.70 bits per heavy atom. The van der Waals surface area contributed by atoms with Crippen molar-refractivity contribution in [1.29, 1.82) is 0 Å². The Kier molecular flexibility index (Phi) is 4.24. The van der Waals surface area contributed by atoms with E-state index < -0.39 is 0 Å². The first-order chi connectivity index (χ1) is 11.2. The molecule has 1 atom stereocenters. The van der Waals surface area contributed by atoms with Crippen LogP contribution in [0.1, 0.15) is 29.5 Å². The standard InChI is InChI=1S/C19H21NO3/c1-4-23-16-10-6-8-13(18(16)22-3)11-15-14-9-5-7-12(2)17(14)20-19(15)21/h5-10,15H,4,11H2,1-3H3,(H,20,21)/t15-/m1/s1. The summed E-state index contributed by atoms with van der Waals surface area (Å²) in [4.78, 5) is 12.4. The van der Waals surface area contributed by atoms with Gasteiger partial charge in [0.25, 0.3) is 0 Å². The van der Waals surface area contributed by atoms with Crippen LogP contribution in [0.5, 0.6) is 11.5 Å². The molecule has 4 nitrogen and oxygen atoms in total. The second kappa shape index (κ2) is 6.32. The summed E-state index contributed by atoms with van der Waals surface area (Å²) >= 11 is 0. The van der Waals surface area contributed by atoms with E-state index in [1.165, 1.54) is 0 Å². The number of benzene rings is 2. The fraction of sp³-hybridized carbons (Fsp3) is 0.316. The highest BCUT2D eigenvalue weighted by molar-refractivity contribution is 6.03. The smallest absolute Gasteiger partial charge is 0.232 e. The normalized spacial score (nSPS) is 16.0. The van der Waals surface area contributed by atoms with E-state index in [2.05, 4.69) is 5.32 Å². The summed E-state index contributed by atoms with van der Waals surface area (Å²) in [6.45, 7) is 4.53. The van der Waals surface area contributed by atoms with Crippen molar-refractivity contribution in [2.45, 2.75) is 26.2 Å². The average molecular weight is 311 g/mol. The van der Waals surface area contributed by atoms with Crippen molar-refractivity contribution < 1.29 is 14.3 Å². The van der Waals surface area contributed by atoms with E-state index in [0.29, 0.717) is 18.8 Å². The quantitative estimate of drug-likeness (QED) is 0.916. The Bertz CT molecular complexity index is 739. The van der Waals surface area contributed by atoms with E-state index >= 15 is 0 Å². The molecule has 0 saturated carbocycles. The second-order valence-corrected chi connectivity index (χ2v) is 5.67. The van der Waals surface area contributed by atoms with E-state index in [4.69, 9.17) is 9.47 Å². The van der Waals surface area contributed by atoms with Gasteiger partial charge in [0.1, 0.15) is 0 Å². The van der Waals surface area contributed by atoms with Gasteiger partial charge in [-0.15, -0.1) is 0 Å². The maximum Gasteiger partial charge on any atom is 0.232 e. The zero-order valence-corrected chi connectivity index (χ0v) is 13.7. The zero-order chi connectivity index (χ0) is 16.4. The van der Waals surface area contributed by atoms with E-state index in [1.54, 1.807) is 7.11 Å². The molecule has 4 heteroatoms. The number of amides is 1. The lowest BCUT2D eigenvalue weighted by molar-refractivity contribution is -0.117. The predicted molar refractivity (Wildman–Crippen MR) is 90.4 cm³/mol. The minimum atomic E-state index is -0.198. The fourth-order valence-electron chi connectivity index (χ4n) is 3.15. The maximum absolute atomic E-state index is 12.4. The van der Waals surface area contributed by atoms with Crippen molar-refractivity contribution in [3.05, 3.63) is 53.1 Å². The van der Waals surface area contributed by atoms with Crippen molar-refractivity contribution >= 4 is 11.6 Å². The van der Waals surface area contributed by atoms with Crippen LogP contribution in [-0.2, 0) is 11.2 Å². The number of hydrogen-bond acceptors (Lipinski definition) is 3. The second-order valence-electron chi connectivity index (χ2n) is 5.67. The number of rotatable bonds is 5. The Balaban J connectivity index is 1.96. The molecule has 0 aliphatic carbocycles. The number of fused-ring (bicyclic) bond motifs is 1. The number of carbonyl (C=O) groups is 1. The van der Waals surface area contributed by atoms with E-state index in [-0.39, 0.29) is 11.8 Å². The van der Waals surface area contributed by atoms with Gasteiger partial charge in [-0.05, 0) is 43.0 Å². The molecule has 0 fully saturated rings. The van der Waals surface area contributed by atoms with Crippen LogP contribution < -0.4 is 14.8 Å². The third-order valence-corrected chi connectivity index (χ3v) is 4.23. The number of nitrogens with one attached hydrogen (secondary N) is 1. The Morgan fingerprint density at radius 2 is 1.96 bits per heavy atom. The molecular weight excluding hydrogens is 290 g/mol. The number of methoxy groups -OCH3 is 1. The molecule has 1 aliphatic rings. The van der Waals surface area contributed by atoms with Crippen molar-refractivity contribution in [2.75, 3.05) is 19.0 Å². The third kappa shape index (κ3) is 2.77. The van der Waals surface area contributed by atoms with Gasteiger partial charge in [-0.2, -0.15) is 0 Å². The highest BCUT2D eigenvalue weighted by Crippen LogP contribution is 2.40. The first-order valence-corrected chi connectivity index (χ1v) is 7.84. The Morgan fingerprint density at radius 1 is 1.17 bits per heavy atom. The van der Waals surface area contributed by atoms with Gasteiger partial charge in [-0.1, -0.05) is 30.3 Å². The molecule has 1 aliphatic heterocycles. The number of hydrogen-bond donors (Lipinski definition) is 1. The number of carbonyl (C=O) groups excluding carboxylic acids is 1. The van der Waals surface area contributed by atoms with Gasteiger partial charge >= 0.3 is 0 Å². The van der Waals surface area contributed by atoms with Crippen LogP contribution in [0.4, 0.5) is 5.69 Å². The van der Waals surface area contributed by atoms with Gasteiger partial charge < -0.3 is 14.8 Å². The average Bonchev–Trinajstić information content (AvgIpc) is 2.86.